The molecule has 7 heteroatoms. The average molecular weight is 382 g/mol. The van der Waals surface area contributed by atoms with Crippen LogP contribution in [0.1, 0.15) is 13.8 Å². The van der Waals surface area contributed by atoms with Crippen molar-refractivity contribution < 1.29 is 19.1 Å². The first-order valence-electron chi connectivity index (χ1n) is 7.55. The van der Waals surface area contributed by atoms with Crippen molar-refractivity contribution in [2.45, 2.75) is 26.1 Å². The molecule has 0 bridgehead atoms. The molecule has 2 rings (SSSR count). The number of esters is 1. The maximum absolute atomic E-state index is 12.1. The van der Waals surface area contributed by atoms with Crippen LogP contribution in [0.4, 0.5) is 5.69 Å². The summed E-state index contributed by atoms with van der Waals surface area (Å²) in [6.07, 6.45) is -1.88. The van der Waals surface area contributed by atoms with Crippen molar-refractivity contribution in [3.05, 3.63) is 58.6 Å². The first-order valence-corrected chi connectivity index (χ1v) is 8.30. The third-order valence-corrected chi connectivity index (χ3v) is 3.83. The van der Waals surface area contributed by atoms with Gasteiger partial charge in [0.25, 0.3) is 5.91 Å². The van der Waals surface area contributed by atoms with E-state index in [1.807, 2.05) is 0 Å². The summed E-state index contributed by atoms with van der Waals surface area (Å²) in [7, 11) is 0. The van der Waals surface area contributed by atoms with Crippen LogP contribution in [-0.2, 0) is 14.3 Å². The maximum Gasteiger partial charge on any atom is 0.347 e. The number of anilines is 1. The minimum Gasteiger partial charge on any atom is -0.479 e. The molecule has 1 amide bonds. The Labute approximate surface area is 155 Å². The van der Waals surface area contributed by atoms with Crippen LogP contribution in [0.5, 0.6) is 5.75 Å². The first-order chi connectivity index (χ1) is 11.9. The molecule has 132 valence electrons. The molecule has 0 saturated heterocycles. The molecule has 2 aromatic carbocycles. The second-order valence-corrected chi connectivity index (χ2v) is 6.11. The van der Waals surface area contributed by atoms with Crippen LogP contribution < -0.4 is 10.1 Å². The zero-order chi connectivity index (χ0) is 18.4. The van der Waals surface area contributed by atoms with Crippen LogP contribution in [0.25, 0.3) is 0 Å². The Bertz CT molecular complexity index is 749. The molecule has 0 saturated carbocycles. The van der Waals surface area contributed by atoms with Gasteiger partial charge in [0.2, 0.25) is 0 Å². The number of ether oxygens (including phenoxy) is 2. The van der Waals surface area contributed by atoms with E-state index < -0.39 is 24.1 Å². The molecule has 2 atom stereocenters. The second-order valence-electron chi connectivity index (χ2n) is 5.26. The fourth-order valence-corrected chi connectivity index (χ4v) is 2.19. The number of hydrogen-bond acceptors (Lipinski definition) is 4. The molecule has 5 nitrogen and oxygen atoms in total. The fourth-order valence-electron chi connectivity index (χ4n) is 1.89. The standard InChI is InChI=1S/C18H17Cl2NO4/c1-11(17(22)21-16-6-4-3-5-15(16)20)25-18(23)12(2)24-14-9-7-13(19)8-10-14/h3-12H,1-2H3,(H,21,22)/t11-,12-/m1/s1. The number of carbonyl (C=O) groups excluding carboxylic acids is 2. The quantitative estimate of drug-likeness (QED) is 0.756. The van der Waals surface area contributed by atoms with Gasteiger partial charge in [-0.1, -0.05) is 35.3 Å². The van der Waals surface area contributed by atoms with Crippen molar-refractivity contribution in [2.75, 3.05) is 5.32 Å². The Morgan fingerprint density at radius 2 is 1.60 bits per heavy atom. The highest BCUT2D eigenvalue weighted by atomic mass is 35.5. The zero-order valence-corrected chi connectivity index (χ0v) is 15.2. The molecule has 2 aromatic rings. The van der Waals surface area contributed by atoms with Gasteiger partial charge in [-0.05, 0) is 50.2 Å². The molecule has 0 heterocycles. The molecule has 0 radical (unpaired) electrons. The highest BCUT2D eigenvalue weighted by Gasteiger charge is 2.23. The van der Waals surface area contributed by atoms with Crippen molar-refractivity contribution >= 4 is 40.8 Å². The van der Waals surface area contributed by atoms with E-state index in [1.54, 1.807) is 48.5 Å². The summed E-state index contributed by atoms with van der Waals surface area (Å²) in [5.74, 6) is -0.668. The minimum atomic E-state index is -1.000. The van der Waals surface area contributed by atoms with Crippen molar-refractivity contribution in [3.8, 4) is 5.75 Å². The molecule has 0 aliphatic rings. The van der Waals surface area contributed by atoms with E-state index in [4.69, 9.17) is 32.7 Å². The lowest BCUT2D eigenvalue weighted by atomic mass is 10.3. The number of halogens is 2. The summed E-state index contributed by atoms with van der Waals surface area (Å²) in [5.41, 5.74) is 0.447. The Balaban J connectivity index is 1.89. The van der Waals surface area contributed by atoms with Crippen molar-refractivity contribution in [2.24, 2.45) is 0 Å². The largest absolute Gasteiger partial charge is 0.479 e. The lowest BCUT2D eigenvalue weighted by molar-refractivity contribution is -0.159. The van der Waals surface area contributed by atoms with Crippen molar-refractivity contribution in [1.29, 1.82) is 0 Å². The van der Waals surface area contributed by atoms with Crippen LogP contribution in [0, 0.1) is 0 Å². The summed E-state index contributed by atoms with van der Waals surface area (Å²) in [6, 6.07) is 13.4. The topological polar surface area (TPSA) is 64.6 Å². The van der Waals surface area contributed by atoms with Crippen LogP contribution in [0.15, 0.2) is 48.5 Å². The van der Waals surface area contributed by atoms with E-state index in [1.165, 1.54) is 13.8 Å². The second kappa shape index (κ2) is 8.74. The number of amides is 1. The number of nitrogens with one attached hydrogen (secondary N) is 1. The molecule has 0 aliphatic carbocycles. The van der Waals surface area contributed by atoms with E-state index in [0.29, 0.717) is 21.5 Å². The molecule has 0 spiro atoms. The summed E-state index contributed by atoms with van der Waals surface area (Å²) in [4.78, 5) is 24.2. The Kier molecular flexibility index (Phi) is 6.67. The number of carbonyl (C=O) groups is 2. The molecular weight excluding hydrogens is 365 g/mol. The summed E-state index contributed by atoms with van der Waals surface area (Å²) >= 11 is 11.8. The average Bonchev–Trinajstić information content (AvgIpc) is 2.58. The molecular formula is C18H17Cl2NO4. The highest BCUT2D eigenvalue weighted by molar-refractivity contribution is 6.33. The van der Waals surface area contributed by atoms with Crippen molar-refractivity contribution in [3.63, 3.8) is 0 Å². The van der Waals surface area contributed by atoms with Gasteiger partial charge in [0, 0.05) is 5.02 Å². The molecule has 0 aliphatic heterocycles. The zero-order valence-electron chi connectivity index (χ0n) is 13.7. The highest BCUT2D eigenvalue weighted by Crippen LogP contribution is 2.21. The van der Waals surface area contributed by atoms with Crippen LogP contribution in [-0.4, -0.2) is 24.1 Å². The third-order valence-electron chi connectivity index (χ3n) is 3.25. The number of benzene rings is 2. The fraction of sp³-hybridized carbons (Fsp3) is 0.222. The molecule has 1 N–H and O–H groups in total. The van der Waals surface area contributed by atoms with Gasteiger partial charge in [-0.2, -0.15) is 0 Å². The van der Waals surface area contributed by atoms with Gasteiger partial charge >= 0.3 is 5.97 Å². The number of para-hydroxylation sites is 1. The van der Waals surface area contributed by atoms with Gasteiger partial charge < -0.3 is 14.8 Å². The Hall–Kier alpha value is -2.24. The van der Waals surface area contributed by atoms with Gasteiger partial charge in [-0.15, -0.1) is 0 Å². The smallest absolute Gasteiger partial charge is 0.347 e. The van der Waals surface area contributed by atoms with Crippen LogP contribution in [0.2, 0.25) is 10.0 Å². The molecule has 25 heavy (non-hydrogen) atoms. The minimum absolute atomic E-state index is 0.397. The van der Waals surface area contributed by atoms with Gasteiger partial charge in [0.15, 0.2) is 12.2 Å². The Morgan fingerprint density at radius 1 is 0.960 bits per heavy atom. The van der Waals surface area contributed by atoms with Crippen LogP contribution in [0.3, 0.4) is 0 Å². The summed E-state index contributed by atoms with van der Waals surface area (Å²) in [5, 5.41) is 3.57. The summed E-state index contributed by atoms with van der Waals surface area (Å²) < 4.78 is 10.6. The van der Waals surface area contributed by atoms with Crippen LogP contribution >= 0.6 is 23.2 Å². The summed E-state index contributed by atoms with van der Waals surface area (Å²) in [6.45, 7) is 3.01. The first kappa shape index (κ1) is 19.1. The van der Waals surface area contributed by atoms with E-state index in [-0.39, 0.29) is 0 Å². The molecule has 0 unspecified atom stereocenters. The third kappa shape index (κ3) is 5.66. The van der Waals surface area contributed by atoms with E-state index in [9.17, 15) is 9.59 Å². The van der Waals surface area contributed by atoms with E-state index >= 15 is 0 Å². The monoisotopic (exact) mass is 381 g/mol. The maximum atomic E-state index is 12.1. The van der Waals surface area contributed by atoms with Gasteiger partial charge in [0.05, 0.1) is 10.7 Å². The predicted octanol–water partition coefficient (Wildman–Crippen LogP) is 4.33. The van der Waals surface area contributed by atoms with Gasteiger partial charge in [-0.25, -0.2) is 4.79 Å². The normalized spacial score (nSPS) is 12.8. The van der Waals surface area contributed by atoms with E-state index in [2.05, 4.69) is 5.32 Å². The predicted molar refractivity (Wildman–Crippen MR) is 97.2 cm³/mol. The SMILES string of the molecule is C[C@@H](OC(=O)[C@@H](C)Oc1ccc(Cl)cc1)C(=O)Nc1ccccc1Cl. The molecule has 0 fully saturated rings. The van der Waals surface area contributed by atoms with E-state index in [0.717, 1.165) is 0 Å². The molecule has 0 aromatic heterocycles. The lowest BCUT2D eigenvalue weighted by Crippen LogP contribution is -2.35. The lowest BCUT2D eigenvalue weighted by Gasteiger charge is -2.18. The van der Waals surface area contributed by atoms with Gasteiger partial charge in [0.1, 0.15) is 5.75 Å². The number of rotatable bonds is 6. The Morgan fingerprint density at radius 3 is 2.24 bits per heavy atom. The number of hydrogen-bond donors (Lipinski definition) is 1. The van der Waals surface area contributed by atoms with Gasteiger partial charge in [-0.3, -0.25) is 4.79 Å². The van der Waals surface area contributed by atoms with Crippen molar-refractivity contribution in [1.82, 2.24) is 0 Å².